The molecule has 1 heterocycles. The number of aliphatic hydroxyl groups excluding tert-OH is 1. The number of anilines is 1. The Labute approximate surface area is 248 Å². The number of methoxy groups -OCH3 is 1. The molecular formula is C35H41NO6. The third-order valence-corrected chi connectivity index (χ3v) is 8.44. The first kappa shape index (κ1) is 29.6. The smallest absolute Gasteiger partial charge is 0.306 e. The summed E-state index contributed by atoms with van der Waals surface area (Å²) in [6.45, 7) is 4.40. The fourth-order valence-electron chi connectivity index (χ4n) is 5.89. The molecule has 42 heavy (non-hydrogen) atoms. The number of hydrogen-bond acceptors (Lipinski definition) is 7. The van der Waals surface area contributed by atoms with E-state index in [1.165, 1.54) is 0 Å². The average Bonchev–Trinajstić information content (AvgIpc) is 3.88. The van der Waals surface area contributed by atoms with Crippen molar-refractivity contribution in [3.63, 3.8) is 0 Å². The van der Waals surface area contributed by atoms with Gasteiger partial charge in [0.1, 0.15) is 17.6 Å². The van der Waals surface area contributed by atoms with Crippen molar-refractivity contribution < 1.29 is 28.9 Å². The van der Waals surface area contributed by atoms with Crippen LogP contribution in [0.5, 0.6) is 11.5 Å². The molecule has 7 heteroatoms. The Hall–Kier alpha value is -3.84. The average molecular weight is 572 g/mol. The first-order valence-electron chi connectivity index (χ1n) is 15.1. The van der Waals surface area contributed by atoms with E-state index in [-0.39, 0.29) is 17.7 Å². The highest BCUT2D eigenvalue weighted by Gasteiger charge is 2.34. The number of ether oxygens (including phenoxy) is 3. The minimum Gasteiger partial charge on any atom is -0.497 e. The van der Waals surface area contributed by atoms with Gasteiger partial charge in [0.2, 0.25) is 0 Å². The van der Waals surface area contributed by atoms with E-state index in [4.69, 9.17) is 14.2 Å². The quantitative estimate of drug-likeness (QED) is 0.189. The number of piperidine rings is 1. The molecule has 2 unspecified atom stereocenters. The maximum atomic E-state index is 13.4. The molecule has 0 bridgehead atoms. The monoisotopic (exact) mass is 571 g/mol. The molecule has 7 nitrogen and oxygen atoms in total. The van der Waals surface area contributed by atoms with Crippen LogP contribution in [0.4, 0.5) is 5.69 Å². The number of carbonyl (C=O) groups is 2. The lowest BCUT2D eigenvalue weighted by molar-refractivity contribution is -0.143. The van der Waals surface area contributed by atoms with Crippen LogP contribution in [0.2, 0.25) is 0 Å². The van der Waals surface area contributed by atoms with Crippen molar-refractivity contribution in [3.8, 4) is 11.5 Å². The van der Waals surface area contributed by atoms with Crippen molar-refractivity contribution in [1.29, 1.82) is 0 Å². The topological polar surface area (TPSA) is 85.3 Å². The van der Waals surface area contributed by atoms with Gasteiger partial charge in [-0.05, 0) is 85.8 Å². The van der Waals surface area contributed by atoms with Crippen LogP contribution in [0, 0.1) is 11.8 Å². The second-order valence-electron chi connectivity index (χ2n) is 11.3. The van der Waals surface area contributed by atoms with Gasteiger partial charge in [0.15, 0.2) is 5.78 Å². The molecule has 0 aromatic heterocycles. The predicted molar refractivity (Wildman–Crippen MR) is 162 cm³/mol. The van der Waals surface area contributed by atoms with E-state index >= 15 is 0 Å². The minimum absolute atomic E-state index is 0.136. The molecule has 2 fully saturated rings. The lowest BCUT2D eigenvalue weighted by Crippen LogP contribution is -2.36. The van der Waals surface area contributed by atoms with Crippen LogP contribution in [0.3, 0.4) is 0 Å². The molecule has 2 aliphatic rings. The van der Waals surface area contributed by atoms with Crippen LogP contribution >= 0.6 is 0 Å². The van der Waals surface area contributed by atoms with Crippen molar-refractivity contribution in [2.75, 3.05) is 38.3 Å². The number of aliphatic hydroxyl groups is 1. The Morgan fingerprint density at radius 2 is 1.64 bits per heavy atom. The van der Waals surface area contributed by atoms with Gasteiger partial charge >= 0.3 is 5.97 Å². The number of benzene rings is 3. The number of esters is 1. The molecule has 1 aliphatic carbocycles. The molecule has 1 saturated heterocycles. The molecule has 1 saturated carbocycles. The van der Waals surface area contributed by atoms with Crippen molar-refractivity contribution in [2.45, 2.75) is 51.0 Å². The third-order valence-electron chi connectivity index (χ3n) is 8.44. The van der Waals surface area contributed by atoms with Crippen LogP contribution in [-0.2, 0) is 9.53 Å². The van der Waals surface area contributed by atoms with E-state index in [1.807, 2.05) is 43.3 Å². The lowest BCUT2D eigenvalue weighted by Gasteiger charge is -2.35. The van der Waals surface area contributed by atoms with Gasteiger partial charge in [-0.15, -0.1) is 0 Å². The van der Waals surface area contributed by atoms with Gasteiger partial charge in [-0.3, -0.25) is 9.59 Å². The van der Waals surface area contributed by atoms with Crippen molar-refractivity contribution in [1.82, 2.24) is 0 Å². The normalized spacial score (nSPS) is 16.9. The van der Waals surface area contributed by atoms with Crippen LogP contribution in [0.1, 0.15) is 72.5 Å². The van der Waals surface area contributed by atoms with Crippen LogP contribution in [0.15, 0.2) is 72.8 Å². The van der Waals surface area contributed by atoms with Gasteiger partial charge in [0.05, 0.1) is 32.4 Å². The van der Waals surface area contributed by atoms with Gasteiger partial charge in [0.25, 0.3) is 0 Å². The summed E-state index contributed by atoms with van der Waals surface area (Å²) in [4.78, 5) is 27.8. The number of carbonyl (C=O) groups excluding carboxylic acids is 2. The molecular weight excluding hydrogens is 530 g/mol. The highest BCUT2D eigenvalue weighted by molar-refractivity contribution is 6.04. The van der Waals surface area contributed by atoms with Crippen molar-refractivity contribution in [2.24, 2.45) is 11.8 Å². The summed E-state index contributed by atoms with van der Waals surface area (Å²) in [6, 6.07) is 22.6. The summed E-state index contributed by atoms with van der Waals surface area (Å²) in [6.07, 6.45) is 3.33. The zero-order valence-corrected chi connectivity index (χ0v) is 24.5. The van der Waals surface area contributed by atoms with E-state index in [1.54, 1.807) is 31.4 Å². The van der Waals surface area contributed by atoms with Crippen LogP contribution in [-0.4, -0.2) is 50.3 Å². The highest BCUT2D eigenvalue weighted by Crippen LogP contribution is 2.45. The van der Waals surface area contributed by atoms with E-state index in [0.29, 0.717) is 48.3 Å². The second kappa shape index (κ2) is 13.9. The molecule has 0 amide bonds. The van der Waals surface area contributed by atoms with E-state index in [2.05, 4.69) is 17.0 Å². The SMILES string of the molecule is CCOC(=O)CC(c1cccc(OCC2CCN(c3cc(OC)ccc3C(=O)C(O)c3ccccc3)CC2)c1)C1CC1. The molecule has 1 N–H and O–H groups in total. The van der Waals surface area contributed by atoms with Gasteiger partial charge in [-0.25, -0.2) is 0 Å². The number of hydrogen-bond donors (Lipinski definition) is 1. The molecule has 3 aromatic rings. The fourth-order valence-corrected chi connectivity index (χ4v) is 5.89. The van der Waals surface area contributed by atoms with E-state index < -0.39 is 6.10 Å². The molecule has 3 aromatic carbocycles. The molecule has 0 radical (unpaired) electrons. The summed E-state index contributed by atoms with van der Waals surface area (Å²) in [5.74, 6) is 2.14. The zero-order valence-electron chi connectivity index (χ0n) is 24.5. The lowest BCUT2D eigenvalue weighted by atomic mass is 9.91. The van der Waals surface area contributed by atoms with E-state index in [9.17, 15) is 14.7 Å². The summed E-state index contributed by atoms with van der Waals surface area (Å²) >= 11 is 0. The maximum Gasteiger partial charge on any atom is 0.306 e. The molecule has 5 rings (SSSR count). The Balaban J connectivity index is 1.20. The Morgan fingerprint density at radius 1 is 0.905 bits per heavy atom. The van der Waals surface area contributed by atoms with Crippen LogP contribution in [0.25, 0.3) is 0 Å². The first-order chi connectivity index (χ1) is 20.5. The third kappa shape index (κ3) is 7.32. The van der Waals surface area contributed by atoms with E-state index in [0.717, 1.165) is 55.8 Å². The fraction of sp³-hybridized carbons (Fsp3) is 0.429. The molecule has 0 spiro atoms. The molecule has 1 aliphatic heterocycles. The van der Waals surface area contributed by atoms with Gasteiger partial charge in [-0.2, -0.15) is 0 Å². The highest BCUT2D eigenvalue weighted by atomic mass is 16.5. The largest absolute Gasteiger partial charge is 0.497 e. The van der Waals surface area contributed by atoms with Crippen molar-refractivity contribution in [3.05, 3.63) is 89.5 Å². The van der Waals surface area contributed by atoms with Gasteiger partial charge < -0.3 is 24.2 Å². The predicted octanol–water partition coefficient (Wildman–Crippen LogP) is 6.35. The number of ketones is 1. The number of rotatable bonds is 13. The molecule has 2 atom stereocenters. The summed E-state index contributed by atoms with van der Waals surface area (Å²) in [5, 5.41) is 10.8. The minimum atomic E-state index is -1.23. The van der Waals surface area contributed by atoms with Gasteiger partial charge in [0, 0.05) is 24.7 Å². The summed E-state index contributed by atoms with van der Waals surface area (Å²) in [7, 11) is 1.61. The maximum absolute atomic E-state index is 13.4. The first-order valence-corrected chi connectivity index (χ1v) is 15.1. The Bertz CT molecular complexity index is 1350. The second-order valence-corrected chi connectivity index (χ2v) is 11.3. The Kier molecular flexibility index (Phi) is 9.80. The number of nitrogens with zero attached hydrogens (tertiary/aromatic N) is 1. The standard InChI is InChI=1S/C35H41NO6/c1-3-41-33(37)22-31(25-12-13-25)27-10-7-11-29(20-27)42-23-24-16-18-36(19-17-24)32-21-28(40-2)14-15-30(32)35(39)34(38)26-8-5-4-6-9-26/h4-11,14-15,20-21,24-25,31,34,38H,3,12-13,16-19,22-23H2,1-2H3. The summed E-state index contributed by atoms with van der Waals surface area (Å²) in [5.41, 5.74) is 3.00. The number of Topliss-reactive ketones (excluding diaryl/α,β-unsaturated/α-hetero) is 1. The molecule has 222 valence electrons. The zero-order chi connectivity index (χ0) is 29.5. The van der Waals surface area contributed by atoms with Crippen LogP contribution < -0.4 is 14.4 Å². The summed E-state index contributed by atoms with van der Waals surface area (Å²) < 4.78 is 17.0. The van der Waals surface area contributed by atoms with Crippen molar-refractivity contribution >= 4 is 17.4 Å². The Morgan fingerprint density at radius 3 is 2.33 bits per heavy atom. The van der Waals surface area contributed by atoms with Gasteiger partial charge in [-0.1, -0.05) is 42.5 Å².